The number of nitrogens with one attached hydrogen (secondary N) is 2. The number of carbonyl (C=O) groups excluding carboxylic acids is 1. The molecule has 1 unspecified atom stereocenters. The van der Waals surface area contributed by atoms with E-state index in [4.69, 9.17) is 0 Å². The number of rotatable bonds is 5. The van der Waals surface area contributed by atoms with E-state index in [-0.39, 0.29) is 11.9 Å². The van der Waals surface area contributed by atoms with Gasteiger partial charge in [0.2, 0.25) is 0 Å². The minimum Gasteiger partial charge on any atom is -0.480 e. The van der Waals surface area contributed by atoms with Gasteiger partial charge in [0.05, 0.1) is 0 Å². The van der Waals surface area contributed by atoms with E-state index < -0.39 is 12.0 Å². The zero-order chi connectivity index (χ0) is 13.0. The summed E-state index contributed by atoms with van der Waals surface area (Å²) in [7, 11) is 0. The van der Waals surface area contributed by atoms with Crippen LogP contribution in [-0.4, -0.2) is 29.7 Å². The number of carboxylic acids is 1. The fraction of sp³-hybridized carbons (Fsp3) is 0.846. The van der Waals surface area contributed by atoms with Gasteiger partial charge >= 0.3 is 12.0 Å². The van der Waals surface area contributed by atoms with Crippen LogP contribution in [0, 0.1) is 11.8 Å². The van der Waals surface area contributed by atoms with Crippen LogP contribution in [0.1, 0.15) is 44.9 Å². The molecule has 0 aromatic rings. The van der Waals surface area contributed by atoms with Crippen LogP contribution in [0.25, 0.3) is 0 Å². The van der Waals surface area contributed by atoms with Crippen LogP contribution in [-0.2, 0) is 4.79 Å². The van der Waals surface area contributed by atoms with Crippen molar-refractivity contribution >= 4 is 12.0 Å². The summed E-state index contributed by atoms with van der Waals surface area (Å²) in [6.07, 6.45) is 7.46. The molecule has 102 valence electrons. The largest absolute Gasteiger partial charge is 0.480 e. The molecule has 2 aliphatic rings. The number of amides is 2. The van der Waals surface area contributed by atoms with Gasteiger partial charge in [-0.1, -0.05) is 19.3 Å². The zero-order valence-electron chi connectivity index (χ0n) is 10.7. The van der Waals surface area contributed by atoms with Crippen LogP contribution in [0.4, 0.5) is 4.79 Å². The molecule has 0 aromatic heterocycles. The average molecular weight is 254 g/mol. The molecule has 0 bridgehead atoms. The summed E-state index contributed by atoms with van der Waals surface area (Å²) in [5, 5.41) is 14.6. The standard InChI is InChI=1S/C13H22N2O3/c16-12(17)11(10-4-2-1-3-5-10)15-13(18)14-8-9-6-7-9/h9-11H,1-8H2,(H,16,17)(H2,14,15,18). The first-order valence-corrected chi connectivity index (χ1v) is 6.94. The lowest BCUT2D eigenvalue weighted by molar-refractivity contribution is -0.141. The van der Waals surface area contributed by atoms with E-state index >= 15 is 0 Å². The highest BCUT2D eigenvalue weighted by Crippen LogP contribution is 2.28. The van der Waals surface area contributed by atoms with Crippen molar-refractivity contribution in [2.45, 2.75) is 51.0 Å². The second-order valence-corrected chi connectivity index (χ2v) is 5.51. The highest BCUT2D eigenvalue weighted by atomic mass is 16.4. The third-order valence-corrected chi connectivity index (χ3v) is 3.92. The van der Waals surface area contributed by atoms with Crippen molar-refractivity contribution in [3.05, 3.63) is 0 Å². The average Bonchev–Trinajstić information content (AvgIpc) is 3.18. The van der Waals surface area contributed by atoms with E-state index in [1.54, 1.807) is 0 Å². The van der Waals surface area contributed by atoms with E-state index in [2.05, 4.69) is 10.6 Å². The summed E-state index contributed by atoms with van der Waals surface area (Å²) in [6.45, 7) is 0.669. The van der Waals surface area contributed by atoms with Crippen molar-refractivity contribution in [2.24, 2.45) is 11.8 Å². The van der Waals surface area contributed by atoms with Gasteiger partial charge in [-0.3, -0.25) is 0 Å². The van der Waals surface area contributed by atoms with Crippen molar-refractivity contribution in [1.29, 1.82) is 0 Å². The number of carbonyl (C=O) groups is 2. The summed E-state index contributed by atoms with van der Waals surface area (Å²) < 4.78 is 0. The van der Waals surface area contributed by atoms with E-state index in [9.17, 15) is 14.7 Å². The fourth-order valence-corrected chi connectivity index (χ4v) is 2.60. The number of urea groups is 1. The summed E-state index contributed by atoms with van der Waals surface area (Å²) in [5.74, 6) is -0.222. The van der Waals surface area contributed by atoms with Crippen molar-refractivity contribution in [1.82, 2.24) is 10.6 Å². The first kappa shape index (κ1) is 13.2. The molecule has 2 aliphatic carbocycles. The van der Waals surface area contributed by atoms with Crippen LogP contribution in [0.2, 0.25) is 0 Å². The van der Waals surface area contributed by atoms with Gasteiger partial charge in [0.1, 0.15) is 6.04 Å². The molecule has 0 radical (unpaired) electrons. The molecule has 2 rings (SSSR count). The van der Waals surface area contributed by atoms with Gasteiger partial charge in [0.15, 0.2) is 0 Å². The Morgan fingerprint density at radius 3 is 2.33 bits per heavy atom. The second kappa shape index (κ2) is 6.07. The molecule has 3 N–H and O–H groups in total. The molecule has 5 heteroatoms. The van der Waals surface area contributed by atoms with Crippen molar-refractivity contribution in [3.63, 3.8) is 0 Å². The Morgan fingerprint density at radius 1 is 1.11 bits per heavy atom. The first-order chi connectivity index (χ1) is 8.66. The molecule has 1 atom stereocenters. The maximum absolute atomic E-state index is 11.6. The second-order valence-electron chi connectivity index (χ2n) is 5.51. The predicted molar refractivity (Wildman–Crippen MR) is 67.3 cm³/mol. The van der Waals surface area contributed by atoms with Gasteiger partial charge in [0.25, 0.3) is 0 Å². The summed E-state index contributed by atoms with van der Waals surface area (Å²) in [4.78, 5) is 22.9. The van der Waals surface area contributed by atoms with Crippen LogP contribution >= 0.6 is 0 Å². The van der Waals surface area contributed by atoms with Gasteiger partial charge in [-0.15, -0.1) is 0 Å². The summed E-state index contributed by atoms with van der Waals surface area (Å²) in [6, 6.07) is -1.07. The number of hydrogen-bond acceptors (Lipinski definition) is 2. The van der Waals surface area contributed by atoms with E-state index in [1.165, 1.54) is 19.3 Å². The summed E-state index contributed by atoms with van der Waals surface area (Å²) in [5.41, 5.74) is 0. The van der Waals surface area contributed by atoms with Crippen molar-refractivity contribution in [3.8, 4) is 0 Å². The minimum absolute atomic E-state index is 0.0860. The molecular weight excluding hydrogens is 232 g/mol. The molecule has 2 fully saturated rings. The van der Waals surface area contributed by atoms with Gasteiger partial charge in [-0.25, -0.2) is 9.59 Å². The van der Waals surface area contributed by atoms with Crippen LogP contribution < -0.4 is 10.6 Å². The van der Waals surface area contributed by atoms with Gasteiger partial charge in [-0.2, -0.15) is 0 Å². The third kappa shape index (κ3) is 3.89. The topological polar surface area (TPSA) is 78.4 Å². The Labute approximate surface area is 107 Å². The normalized spacial score (nSPS) is 22.2. The van der Waals surface area contributed by atoms with Crippen LogP contribution in [0.5, 0.6) is 0 Å². The molecule has 2 saturated carbocycles. The molecule has 2 amide bonds. The molecule has 18 heavy (non-hydrogen) atoms. The van der Waals surface area contributed by atoms with Gasteiger partial charge < -0.3 is 15.7 Å². The van der Waals surface area contributed by atoms with Crippen LogP contribution in [0.15, 0.2) is 0 Å². The van der Waals surface area contributed by atoms with Gasteiger partial charge in [-0.05, 0) is 37.5 Å². The molecule has 0 saturated heterocycles. The van der Waals surface area contributed by atoms with Crippen LogP contribution in [0.3, 0.4) is 0 Å². The van der Waals surface area contributed by atoms with E-state index in [1.807, 2.05) is 0 Å². The zero-order valence-corrected chi connectivity index (χ0v) is 10.7. The first-order valence-electron chi connectivity index (χ1n) is 6.94. The quantitative estimate of drug-likeness (QED) is 0.699. The summed E-state index contributed by atoms with van der Waals surface area (Å²) >= 11 is 0. The Kier molecular flexibility index (Phi) is 4.44. The van der Waals surface area contributed by atoms with Crippen molar-refractivity contribution in [2.75, 3.05) is 6.54 Å². The number of carboxylic acid groups (broad SMARTS) is 1. The Bertz CT molecular complexity index is 309. The van der Waals surface area contributed by atoms with Gasteiger partial charge in [0, 0.05) is 6.54 Å². The molecule has 0 aliphatic heterocycles. The Hall–Kier alpha value is -1.26. The predicted octanol–water partition coefficient (Wildman–Crippen LogP) is 1.73. The Morgan fingerprint density at radius 2 is 1.78 bits per heavy atom. The molecule has 0 aromatic carbocycles. The lowest BCUT2D eigenvalue weighted by atomic mass is 9.84. The SMILES string of the molecule is O=C(NCC1CC1)NC(C(=O)O)C1CCCCC1. The monoisotopic (exact) mass is 254 g/mol. The third-order valence-electron chi connectivity index (χ3n) is 3.92. The lowest BCUT2D eigenvalue weighted by Gasteiger charge is -2.28. The molecular formula is C13H22N2O3. The maximum atomic E-state index is 11.6. The lowest BCUT2D eigenvalue weighted by Crippen LogP contribution is -2.50. The molecule has 0 spiro atoms. The number of aliphatic carboxylic acids is 1. The molecule has 0 heterocycles. The highest BCUT2D eigenvalue weighted by molar-refractivity contribution is 5.82. The number of hydrogen-bond donors (Lipinski definition) is 3. The minimum atomic E-state index is -0.913. The van der Waals surface area contributed by atoms with E-state index in [0.717, 1.165) is 25.7 Å². The molecule has 5 nitrogen and oxygen atoms in total. The fourth-order valence-electron chi connectivity index (χ4n) is 2.60. The maximum Gasteiger partial charge on any atom is 0.326 e. The Balaban J connectivity index is 1.80. The van der Waals surface area contributed by atoms with Crippen molar-refractivity contribution < 1.29 is 14.7 Å². The highest BCUT2D eigenvalue weighted by Gasteiger charge is 2.31. The smallest absolute Gasteiger partial charge is 0.326 e. The van der Waals surface area contributed by atoms with E-state index in [0.29, 0.717) is 12.5 Å².